The third-order valence-electron chi connectivity index (χ3n) is 3.37. The Bertz CT molecular complexity index is 299. The average molecular weight is 256 g/mol. The lowest BCUT2D eigenvalue weighted by molar-refractivity contribution is -0.145. The largest absolute Gasteiger partial charge is 0.481 e. The Kier molecular flexibility index (Phi) is 5.59. The minimum atomic E-state index is -0.785. The van der Waals surface area contributed by atoms with Crippen molar-refractivity contribution in [1.82, 2.24) is 4.90 Å². The molecule has 104 valence electrons. The second kappa shape index (κ2) is 6.73. The molecule has 1 saturated heterocycles. The molecule has 1 unspecified atom stereocenters. The number of carbonyl (C=O) groups is 2. The third kappa shape index (κ3) is 4.64. The van der Waals surface area contributed by atoms with Gasteiger partial charge in [-0.05, 0) is 24.8 Å². The predicted molar refractivity (Wildman–Crippen MR) is 68.9 cm³/mol. The van der Waals surface area contributed by atoms with Crippen molar-refractivity contribution in [2.24, 2.45) is 23.5 Å². The summed E-state index contributed by atoms with van der Waals surface area (Å²) in [6.07, 6.45) is 1.62. The van der Waals surface area contributed by atoms with Gasteiger partial charge in [0, 0.05) is 25.4 Å². The lowest BCUT2D eigenvalue weighted by Gasteiger charge is -2.39. The van der Waals surface area contributed by atoms with Crippen LogP contribution >= 0.6 is 0 Å². The molecule has 3 N–H and O–H groups in total. The number of carboxylic acids is 1. The minimum Gasteiger partial charge on any atom is -0.481 e. The number of amides is 1. The number of rotatable bonds is 7. The number of likely N-dealkylation sites (tertiary alicyclic amines) is 1. The fourth-order valence-corrected chi connectivity index (χ4v) is 2.46. The number of hydrogen-bond donors (Lipinski definition) is 2. The van der Waals surface area contributed by atoms with Crippen LogP contribution in [0.25, 0.3) is 0 Å². The summed E-state index contributed by atoms with van der Waals surface area (Å²) >= 11 is 0. The van der Waals surface area contributed by atoms with Crippen LogP contribution in [0, 0.1) is 17.8 Å². The van der Waals surface area contributed by atoms with Crippen molar-refractivity contribution in [3.05, 3.63) is 0 Å². The fraction of sp³-hybridized carbons (Fsp3) is 0.846. The van der Waals surface area contributed by atoms with Crippen molar-refractivity contribution < 1.29 is 14.7 Å². The average Bonchev–Trinajstić information content (AvgIpc) is 2.20. The zero-order valence-electron chi connectivity index (χ0n) is 11.3. The molecule has 0 spiro atoms. The van der Waals surface area contributed by atoms with E-state index < -0.39 is 5.97 Å². The van der Waals surface area contributed by atoms with Gasteiger partial charge in [-0.2, -0.15) is 0 Å². The number of nitrogens with two attached hydrogens (primary N) is 1. The van der Waals surface area contributed by atoms with E-state index in [4.69, 9.17) is 10.8 Å². The van der Waals surface area contributed by atoms with Gasteiger partial charge in [0.2, 0.25) is 5.91 Å². The minimum absolute atomic E-state index is 0.118. The lowest BCUT2D eigenvalue weighted by atomic mass is 9.91. The number of nitrogens with zero attached hydrogens (tertiary/aromatic N) is 1. The maximum absolute atomic E-state index is 11.9. The Morgan fingerprint density at radius 3 is 2.44 bits per heavy atom. The van der Waals surface area contributed by atoms with E-state index in [9.17, 15) is 9.59 Å². The van der Waals surface area contributed by atoms with Crippen LogP contribution in [0.2, 0.25) is 0 Å². The number of aliphatic carboxylic acids is 1. The monoisotopic (exact) mass is 256 g/mol. The van der Waals surface area contributed by atoms with Crippen molar-refractivity contribution in [1.29, 1.82) is 0 Å². The van der Waals surface area contributed by atoms with Gasteiger partial charge in [0.05, 0.1) is 6.42 Å². The van der Waals surface area contributed by atoms with Crippen LogP contribution in [0.3, 0.4) is 0 Å². The molecule has 1 aliphatic heterocycles. The van der Waals surface area contributed by atoms with E-state index in [0.717, 1.165) is 6.42 Å². The van der Waals surface area contributed by atoms with Crippen LogP contribution < -0.4 is 5.73 Å². The number of carbonyl (C=O) groups excluding carboxylic acids is 1. The molecule has 5 nitrogen and oxygen atoms in total. The van der Waals surface area contributed by atoms with Crippen molar-refractivity contribution >= 4 is 11.9 Å². The van der Waals surface area contributed by atoms with Crippen LogP contribution in [0.1, 0.15) is 33.1 Å². The van der Waals surface area contributed by atoms with Crippen LogP contribution in [-0.4, -0.2) is 41.5 Å². The standard InChI is InChI=1S/C13H24N2O3/c1-9(2)3-10(6-14)4-12(16)15-7-11(8-15)5-13(17)18/h9-11H,3-8,14H2,1-2H3,(H,17,18). The molecule has 0 saturated carbocycles. The van der Waals surface area contributed by atoms with E-state index in [0.29, 0.717) is 32.0 Å². The van der Waals surface area contributed by atoms with Crippen LogP contribution in [0.4, 0.5) is 0 Å². The van der Waals surface area contributed by atoms with E-state index in [2.05, 4.69) is 13.8 Å². The Hall–Kier alpha value is -1.10. The summed E-state index contributed by atoms with van der Waals surface area (Å²) in [5.74, 6) is 0.255. The van der Waals surface area contributed by atoms with Crippen LogP contribution in [0.15, 0.2) is 0 Å². The quantitative estimate of drug-likeness (QED) is 0.709. The highest BCUT2D eigenvalue weighted by atomic mass is 16.4. The molecule has 0 bridgehead atoms. The van der Waals surface area contributed by atoms with Crippen molar-refractivity contribution in [2.45, 2.75) is 33.1 Å². The van der Waals surface area contributed by atoms with E-state index in [1.165, 1.54) is 0 Å². The maximum Gasteiger partial charge on any atom is 0.303 e. The van der Waals surface area contributed by atoms with Gasteiger partial charge >= 0.3 is 5.97 Å². The van der Waals surface area contributed by atoms with Gasteiger partial charge < -0.3 is 15.7 Å². The van der Waals surface area contributed by atoms with Crippen molar-refractivity contribution in [3.63, 3.8) is 0 Å². The Balaban J connectivity index is 2.28. The first-order valence-electron chi connectivity index (χ1n) is 6.62. The first kappa shape index (κ1) is 15.0. The predicted octanol–water partition coefficient (Wildman–Crippen LogP) is 0.931. The summed E-state index contributed by atoms with van der Waals surface area (Å²) in [5.41, 5.74) is 5.67. The molecule has 1 fully saturated rings. The highest BCUT2D eigenvalue weighted by molar-refractivity contribution is 5.77. The Morgan fingerprint density at radius 2 is 2.00 bits per heavy atom. The zero-order valence-corrected chi connectivity index (χ0v) is 11.3. The van der Waals surface area contributed by atoms with E-state index in [-0.39, 0.29) is 24.2 Å². The van der Waals surface area contributed by atoms with E-state index in [1.54, 1.807) is 4.90 Å². The van der Waals surface area contributed by atoms with Crippen molar-refractivity contribution in [2.75, 3.05) is 19.6 Å². The van der Waals surface area contributed by atoms with Crippen LogP contribution in [0.5, 0.6) is 0 Å². The summed E-state index contributed by atoms with van der Waals surface area (Å²) in [7, 11) is 0. The first-order chi connectivity index (χ1) is 8.42. The third-order valence-corrected chi connectivity index (χ3v) is 3.37. The second-order valence-corrected chi connectivity index (χ2v) is 5.70. The number of hydrogen-bond acceptors (Lipinski definition) is 3. The normalized spacial score (nSPS) is 17.7. The molecule has 1 atom stereocenters. The molecule has 1 aliphatic rings. The SMILES string of the molecule is CC(C)CC(CN)CC(=O)N1CC(CC(=O)O)C1. The summed E-state index contributed by atoms with van der Waals surface area (Å²) in [5, 5.41) is 8.64. The van der Waals surface area contributed by atoms with Gasteiger partial charge in [0.15, 0.2) is 0 Å². The molecular formula is C13H24N2O3. The highest BCUT2D eigenvalue weighted by Gasteiger charge is 2.32. The van der Waals surface area contributed by atoms with Gasteiger partial charge in [-0.15, -0.1) is 0 Å². The van der Waals surface area contributed by atoms with Gasteiger partial charge in [0.1, 0.15) is 0 Å². The molecule has 1 heterocycles. The summed E-state index contributed by atoms with van der Waals surface area (Å²) < 4.78 is 0. The summed E-state index contributed by atoms with van der Waals surface area (Å²) in [4.78, 5) is 24.2. The number of carboxylic acid groups (broad SMARTS) is 1. The zero-order chi connectivity index (χ0) is 13.7. The summed E-state index contributed by atoms with van der Waals surface area (Å²) in [6, 6.07) is 0. The van der Waals surface area contributed by atoms with Gasteiger partial charge in [0.25, 0.3) is 0 Å². The van der Waals surface area contributed by atoms with E-state index in [1.807, 2.05) is 0 Å². The summed E-state index contributed by atoms with van der Waals surface area (Å²) in [6.45, 7) is 5.96. The van der Waals surface area contributed by atoms with Crippen molar-refractivity contribution in [3.8, 4) is 0 Å². The highest BCUT2D eigenvalue weighted by Crippen LogP contribution is 2.22. The molecule has 1 amide bonds. The maximum atomic E-state index is 11.9. The van der Waals surface area contributed by atoms with Crippen LogP contribution in [-0.2, 0) is 9.59 Å². The van der Waals surface area contributed by atoms with Gasteiger partial charge in [-0.3, -0.25) is 9.59 Å². The van der Waals surface area contributed by atoms with Gasteiger partial charge in [-0.1, -0.05) is 13.8 Å². The molecular weight excluding hydrogens is 232 g/mol. The molecule has 0 aromatic rings. The lowest BCUT2D eigenvalue weighted by Crippen LogP contribution is -2.51. The molecule has 0 aromatic heterocycles. The Morgan fingerprint density at radius 1 is 1.39 bits per heavy atom. The topological polar surface area (TPSA) is 83.6 Å². The molecule has 0 aromatic carbocycles. The molecule has 1 rings (SSSR count). The fourth-order valence-electron chi connectivity index (χ4n) is 2.46. The van der Waals surface area contributed by atoms with Gasteiger partial charge in [-0.25, -0.2) is 0 Å². The molecule has 5 heteroatoms. The molecule has 0 aliphatic carbocycles. The Labute approximate surface area is 108 Å². The van der Waals surface area contributed by atoms with E-state index >= 15 is 0 Å². The second-order valence-electron chi connectivity index (χ2n) is 5.70. The molecule has 0 radical (unpaired) electrons. The molecule has 18 heavy (non-hydrogen) atoms. The first-order valence-corrected chi connectivity index (χ1v) is 6.62. The smallest absolute Gasteiger partial charge is 0.303 e.